The number of halogens is 1. The quantitative estimate of drug-likeness (QED) is 0.903. The van der Waals surface area contributed by atoms with Crippen molar-refractivity contribution in [2.75, 3.05) is 13.1 Å². The molecule has 0 saturated heterocycles. The maximum Gasteiger partial charge on any atom is 0.191 e. The van der Waals surface area contributed by atoms with Gasteiger partial charge in [0.15, 0.2) is 5.96 Å². The highest BCUT2D eigenvalue weighted by molar-refractivity contribution is 6.31. The van der Waals surface area contributed by atoms with Gasteiger partial charge in [0, 0.05) is 41.3 Å². The zero-order valence-electron chi connectivity index (χ0n) is 10.9. The third-order valence-electron chi connectivity index (χ3n) is 3.28. The van der Waals surface area contributed by atoms with Gasteiger partial charge in [-0.25, -0.2) is 0 Å². The summed E-state index contributed by atoms with van der Waals surface area (Å²) >= 11 is 5.99. The van der Waals surface area contributed by atoms with E-state index >= 15 is 0 Å². The number of aromatic nitrogens is 1. The van der Waals surface area contributed by atoms with Gasteiger partial charge in [0.05, 0.1) is 6.54 Å². The Morgan fingerprint density at radius 2 is 2.37 bits per heavy atom. The van der Waals surface area contributed by atoms with Crippen LogP contribution in [0.25, 0.3) is 10.9 Å². The molecule has 0 saturated carbocycles. The minimum atomic E-state index is 0.442. The monoisotopic (exact) mass is 276 g/mol. The van der Waals surface area contributed by atoms with E-state index in [9.17, 15) is 0 Å². The first-order chi connectivity index (χ1) is 9.22. The predicted octanol–water partition coefficient (Wildman–Crippen LogP) is 2.23. The lowest BCUT2D eigenvalue weighted by atomic mass is 10.2. The first-order valence-electron chi connectivity index (χ1n) is 6.51. The number of guanidine groups is 1. The van der Waals surface area contributed by atoms with Crippen LogP contribution < -0.4 is 10.6 Å². The summed E-state index contributed by atoms with van der Waals surface area (Å²) in [7, 11) is 0. The summed E-state index contributed by atoms with van der Waals surface area (Å²) in [5.74, 6) is 0.909. The molecule has 100 valence electrons. The van der Waals surface area contributed by atoms with E-state index in [2.05, 4.69) is 45.4 Å². The maximum absolute atomic E-state index is 5.99. The number of aliphatic imine (C=N–C) groups is 1. The molecule has 0 spiro atoms. The van der Waals surface area contributed by atoms with Crippen LogP contribution in [0.15, 0.2) is 35.5 Å². The summed E-state index contributed by atoms with van der Waals surface area (Å²) in [6.45, 7) is 4.74. The molecule has 0 radical (unpaired) electrons. The Morgan fingerprint density at radius 3 is 3.16 bits per heavy atom. The lowest BCUT2D eigenvalue weighted by Gasteiger charge is -2.10. The van der Waals surface area contributed by atoms with Crippen molar-refractivity contribution in [3.8, 4) is 0 Å². The normalized spacial score (nSPS) is 18.4. The Kier molecular flexibility index (Phi) is 3.34. The molecule has 0 amide bonds. The van der Waals surface area contributed by atoms with E-state index in [1.165, 1.54) is 10.9 Å². The third-order valence-corrected chi connectivity index (χ3v) is 3.52. The Labute approximate surface area is 117 Å². The Balaban J connectivity index is 1.63. The van der Waals surface area contributed by atoms with Crippen LogP contribution >= 0.6 is 11.6 Å². The minimum absolute atomic E-state index is 0.442. The number of nitrogens with zero attached hydrogens (tertiary/aromatic N) is 2. The SMILES string of the molecule is CC1CN=C(NCCn2ccc3cc(Cl)ccc32)N1. The third kappa shape index (κ3) is 2.68. The van der Waals surface area contributed by atoms with E-state index in [0.29, 0.717) is 6.04 Å². The van der Waals surface area contributed by atoms with E-state index < -0.39 is 0 Å². The molecule has 1 aromatic carbocycles. The molecule has 3 rings (SSSR count). The van der Waals surface area contributed by atoms with Gasteiger partial charge in [0.1, 0.15) is 0 Å². The van der Waals surface area contributed by atoms with Gasteiger partial charge in [0.2, 0.25) is 0 Å². The zero-order valence-corrected chi connectivity index (χ0v) is 11.6. The molecule has 2 aromatic rings. The van der Waals surface area contributed by atoms with Crippen molar-refractivity contribution in [2.24, 2.45) is 4.99 Å². The molecule has 1 atom stereocenters. The molecule has 0 bridgehead atoms. The van der Waals surface area contributed by atoms with Gasteiger partial charge >= 0.3 is 0 Å². The summed E-state index contributed by atoms with van der Waals surface area (Å²) < 4.78 is 2.22. The largest absolute Gasteiger partial charge is 0.355 e. The molecular formula is C14H17ClN4. The summed E-state index contributed by atoms with van der Waals surface area (Å²) in [5.41, 5.74) is 1.21. The molecule has 2 heterocycles. The van der Waals surface area contributed by atoms with Crippen LogP contribution in [0.4, 0.5) is 0 Å². The molecule has 2 N–H and O–H groups in total. The van der Waals surface area contributed by atoms with E-state index in [-0.39, 0.29) is 0 Å². The molecule has 4 nitrogen and oxygen atoms in total. The van der Waals surface area contributed by atoms with Crippen molar-refractivity contribution in [3.05, 3.63) is 35.5 Å². The lowest BCUT2D eigenvalue weighted by Crippen LogP contribution is -2.38. The second-order valence-corrected chi connectivity index (χ2v) is 5.31. The van der Waals surface area contributed by atoms with Gasteiger partial charge < -0.3 is 15.2 Å². The van der Waals surface area contributed by atoms with Crippen LogP contribution in [0.3, 0.4) is 0 Å². The van der Waals surface area contributed by atoms with Gasteiger partial charge in [-0.1, -0.05) is 11.6 Å². The molecule has 0 aliphatic carbocycles. The molecule has 19 heavy (non-hydrogen) atoms. The second kappa shape index (κ2) is 5.13. The van der Waals surface area contributed by atoms with Gasteiger partial charge in [-0.3, -0.25) is 4.99 Å². The Morgan fingerprint density at radius 1 is 1.47 bits per heavy atom. The number of nitrogens with one attached hydrogen (secondary N) is 2. The number of hydrogen-bond acceptors (Lipinski definition) is 3. The number of hydrogen-bond donors (Lipinski definition) is 2. The highest BCUT2D eigenvalue weighted by atomic mass is 35.5. The van der Waals surface area contributed by atoms with E-state index in [1.54, 1.807) is 0 Å². The van der Waals surface area contributed by atoms with Crippen molar-refractivity contribution < 1.29 is 0 Å². The fourth-order valence-corrected chi connectivity index (χ4v) is 2.50. The second-order valence-electron chi connectivity index (χ2n) is 4.87. The fraction of sp³-hybridized carbons (Fsp3) is 0.357. The van der Waals surface area contributed by atoms with Crippen molar-refractivity contribution in [3.63, 3.8) is 0 Å². The van der Waals surface area contributed by atoms with Crippen LogP contribution in [0.2, 0.25) is 5.02 Å². The lowest BCUT2D eigenvalue weighted by molar-refractivity contribution is 0.674. The predicted molar refractivity (Wildman–Crippen MR) is 79.9 cm³/mol. The highest BCUT2D eigenvalue weighted by Gasteiger charge is 2.11. The first kappa shape index (κ1) is 12.4. The smallest absolute Gasteiger partial charge is 0.191 e. The fourth-order valence-electron chi connectivity index (χ4n) is 2.32. The molecule has 1 aromatic heterocycles. The number of fused-ring (bicyclic) bond motifs is 1. The van der Waals surface area contributed by atoms with E-state index in [0.717, 1.165) is 30.6 Å². The molecule has 1 aliphatic rings. The Bertz CT molecular complexity index is 617. The van der Waals surface area contributed by atoms with Gasteiger partial charge in [0.25, 0.3) is 0 Å². The molecule has 0 fully saturated rings. The van der Waals surface area contributed by atoms with Gasteiger partial charge in [-0.05, 0) is 31.2 Å². The summed E-state index contributed by atoms with van der Waals surface area (Å²) in [6, 6.07) is 8.51. The van der Waals surface area contributed by atoms with Crippen molar-refractivity contribution >= 4 is 28.5 Å². The van der Waals surface area contributed by atoms with E-state index in [1.807, 2.05) is 12.1 Å². The summed E-state index contributed by atoms with van der Waals surface area (Å²) in [4.78, 5) is 4.38. The molecular weight excluding hydrogens is 260 g/mol. The highest BCUT2D eigenvalue weighted by Crippen LogP contribution is 2.20. The van der Waals surface area contributed by atoms with Crippen LogP contribution in [0, 0.1) is 0 Å². The average molecular weight is 277 g/mol. The van der Waals surface area contributed by atoms with Crippen molar-refractivity contribution in [1.82, 2.24) is 15.2 Å². The molecule has 5 heteroatoms. The van der Waals surface area contributed by atoms with Gasteiger partial charge in [-0.2, -0.15) is 0 Å². The van der Waals surface area contributed by atoms with Crippen molar-refractivity contribution in [2.45, 2.75) is 19.5 Å². The van der Waals surface area contributed by atoms with Crippen LogP contribution in [-0.4, -0.2) is 29.7 Å². The number of benzene rings is 1. The maximum atomic E-state index is 5.99. The zero-order chi connectivity index (χ0) is 13.2. The Hall–Kier alpha value is -1.68. The minimum Gasteiger partial charge on any atom is -0.355 e. The van der Waals surface area contributed by atoms with E-state index in [4.69, 9.17) is 11.6 Å². The molecule has 1 aliphatic heterocycles. The topological polar surface area (TPSA) is 41.4 Å². The van der Waals surface area contributed by atoms with Crippen LogP contribution in [0.5, 0.6) is 0 Å². The first-order valence-corrected chi connectivity index (χ1v) is 6.89. The van der Waals surface area contributed by atoms with Crippen molar-refractivity contribution in [1.29, 1.82) is 0 Å². The van der Waals surface area contributed by atoms with Crippen LogP contribution in [-0.2, 0) is 6.54 Å². The average Bonchev–Trinajstić information content (AvgIpc) is 2.96. The number of rotatable bonds is 3. The summed E-state index contributed by atoms with van der Waals surface area (Å²) in [6.07, 6.45) is 2.09. The molecule has 1 unspecified atom stereocenters. The standard InChI is InChI=1S/C14H17ClN4/c1-10-9-17-14(18-10)16-5-7-19-6-4-11-8-12(15)2-3-13(11)19/h2-4,6,8,10H,5,7,9H2,1H3,(H2,16,17,18). The van der Waals surface area contributed by atoms with Crippen LogP contribution in [0.1, 0.15) is 6.92 Å². The van der Waals surface area contributed by atoms with Gasteiger partial charge in [-0.15, -0.1) is 0 Å². The summed E-state index contributed by atoms with van der Waals surface area (Å²) in [5, 5.41) is 8.57.